The fraction of sp³-hybridized carbons (Fsp3) is 0.211. The maximum Gasteiger partial charge on any atom is 0.0705 e. The van der Waals surface area contributed by atoms with Crippen molar-refractivity contribution in [3.05, 3.63) is 77.5 Å². The van der Waals surface area contributed by atoms with Crippen LogP contribution in [0.3, 0.4) is 0 Å². The van der Waals surface area contributed by atoms with Crippen molar-refractivity contribution >= 4 is 10.9 Å². The van der Waals surface area contributed by atoms with Gasteiger partial charge in [0.05, 0.1) is 11.6 Å². The molecule has 0 aliphatic heterocycles. The van der Waals surface area contributed by atoms with Crippen LogP contribution in [0.1, 0.15) is 29.7 Å². The van der Waals surface area contributed by atoms with Gasteiger partial charge in [-0.2, -0.15) is 0 Å². The lowest BCUT2D eigenvalue weighted by Crippen LogP contribution is -2.23. The summed E-state index contributed by atoms with van der Waals surface area (Å²) in [5, 5.41) is 4.84. The van der Waals surface area contributed by atoms with Crippen molar-refractivity contribution in [1.29, 1.82) is 0 Å². The minimum absolute atomic E-state index is 0.198. The Bertz CT molecular complexity index is 744. The summed E-state index contributed by atoms with van der Waals surface area (Å²) in [7, 11) is 0. The van der Waals surface area contributed by atoms with E-state index < -0.39 is 0 Å². The molecule has 2 aromatic carbocycles. The molecule has 3 rings (SSSR count). The van der Waals surface area contributed by atoms with E-state index in [0.717, 1.165) is 12.1 Å². The predicted octanol–water partition coefficient (Wildman–Crippen LogP) is 4.24. The van der Waals surface area contributed by atoms with Crippen LogP contribution >= 0.6 is 0 Å². The molecular formula is C19H20N2. The number of benzene rings is 2. The van der Waals surface area contributed by atoms with Gasteiger partial charge in [-0.3, -0.25) is 4.98 Å². The number of nitrogens with one attached hydrogen (secondary N) is 1. The molecule has 0 bridgehead atoms. The number of hydrogen-bond donors (Lipinski definition) is 1. The quantitative estimate of drug-likeness (QED) is 0.771. The molecule has 0 aliphatic carbocycles. The van der Waals surface area contributed by atoms with E-state index in [1.807, 2.05) is 12.3 Å². The highest BCUT2D eigenvalue weighted by Crippen LogP contribution is 2.29. The summed E-state index contributed by atoms with van der Waals surface area (Å²) in [5.74, 6) is 0. The summed E-state index contributed by atoms with van der Waals surface area (Å²) >= 11 is 0. The lowest BCUT2D eigenvalue weighted by molar-refractivity contribution is 0.631. The Morgan fingerprint density at radius 2 is 1.76 bits per heavy atom. The fourth-order valence-corrected chi connectivity index (χ4v) is 2.88. The van der Waals surface area contributed by atoms with Crippen molar-refractivity contribution in [1.82, 2.24) is 10.3 Å². The lowest BCUT2D eigenvalue weighted by Gasteiger charge is -2.22. The molecule has 106 valence electrons. The monoisotopic (exact) mass is 276 g/mol. The van der Waals surface area contributed by atoms with E-state index in [4.69, 9.17) is 0 Å². The van der Waals surface area contributed by atoms with Gasteiger partial charge in [-0.1, -0.05) is 49.4 Å². The first-order valence-electron chi connectivity index (χ1n) is 7.44. The molecule has 0 saturated carbocycles. The number of aryl methyl sites for hydroxylation is 1. The molecule has 0 radical (unpaired) electrons. The molecule has 2 nitrogen and oxygen atoms in total. The molecule has 2 heteroatoms. The van der Waals surface area contributed by atoms with Crippen molar-refractivity contribution in [3.8, 4) is 0 Å². The van der Waals surface area contributed by atoms with Crippen molar-refractivity contribution in [3.63, 3.8) is 0 Å². The smallest absolute Gasteiger partial charge is 0.0705 e. The van der Waals surface area contributed by atoms with Gasteiger partial charge in [0.15, 0.2) is 0 Å². The number of aromatic nitrogens is 1. The van der Waals surface area contributed by atoms with Crippen molar-refractivity contribution in [2.45, 2.75) is 19.9 Å². The maximum absolute atomic E-state index is 4.47. The molecule has 0 aliphatic rings. The van der Waals surface area contributed by atoms with Gasteiger partial charge in [-0.05, 0) is 42.3 Å². The molecule has 1 aromatic heterocycles. The van der Waals surface area contributed by atoms with Crippen LogP contribution in [-0.2, 0) is 0 Å². The summed E-state index contributed by atoms with van der Waals surface area (Å²) in [6, 6.07) is 19.3. The second-order valence-electron chi connectivity index (χ2n) is 5.26. The predicted molar refractivity (Wildman–Crippen MR) is 88.4 cm³/mol. The van der Waals surface area contributed by atoms with Crippen molar-refractivity contribution in [2.75, 3.05) is 6.54 Å². The minimum Gasteiger partial charge on any atom is -0.307 e. The highest BCUT2D eigenvalue weighted by Gasteiger charge is 2.17. The number of hydrogen-bond acceptors (Lipinski definition) is 2. The SMILES string of the molecule is CCNC(c1ccccc1C)c1cccc2ncccc12. The Balaban J connectivity index is 2.19. The van der Waals surface area contributed by atoms with Gasteiger partial charge in [0, 0.05) is 11.6 Å². The van der Waals surface area contributed by atoms with E-state index in [0.29, 0.717) is 0 Å². The summed E-state index contributed by atoms with van der Waals surface area (Å²) in [6.45, 7) is 5.24. The molecule has 1 N–H and O–H groups in total. The van der Waals surface area contributed by atoms with Crippen LogP contribution in [0.5, 0.6) is 0 Å². The molecule has 1 atom stereocenters. The minimum atomic E-state index is 0.198. The topological polar surface area (TPSA) is 24.9 Å². The van der Waals surface area contributed by atoms with Gasteiger partial charge in [-0.25, -0.2) is 0 Å². The standard InChI is InChI=1S/C19H20N2/c1-3-20-19(15-9-5-4-8-14(15)2)17-10-6-12-18-16(17)11-7-13-21-18/h4-13,19-20H,3H2,1-2H3. The molecule has 21 heavy (non-hydrogen) atoms. The summed E-state index contributed by atoms with van der Waals surface area (Å²) in [4.78, 5) is 4.47. The Morgan fingerprint density at radius 1 is 0.952 bits per heavy atom. The maximum atomic E-state index is 4.47. The van der Waals surface area contributed by atoms with E-state index in [2.05, 4.69) is 72.7 Å². The van der Waals surface area contributed by atoms with Crippen LogP contribution < -0.4 is 5.32 Å². The van der Waals surface area contributed by atoms with E-state index in [1.165, 1.54) is 22.1 Å². The van der Waals surface area contributed by atoms with Gasteiger partial charge in [0.1, 0.15) is 0 Å². The van der Waals surface area contributed by atoms with Crippen molar-refractivity contribution < 1.29 is 0 Å². The largest absolute Gasteiger partial charge is 0.307 e. The number of pyridine rings is 1. The zero-order valence-electron chi connectivity index (χ0n) is 12.5. The van der Waals surface area contributed by atoms with Gasteiger partial charge < -0.3 is 5.32 Å². The molecule has 3 aromatic rings. The van der Waals surface area contributed by atoms with Crippen LogP contribution in [0.25, 0.3) is 10.9 Å². The number of rotatable bonds is 4. The first kappa shape index (κ1) is 13.8. The normalized spacial score (nSPS) is 12.5. The van der Waals surface area contributed by atoms with Crippen molar-refractivity contribution in [2.24, 2.45) is 0 Å². The average molecular weight is 276 g/mol. The molecule has 1 unspecified atom stereocenters. The summed E-state index contributed by atoms with van der Waals surface area (Å²) in [5.41, 5.74) is 4.98. The van der Waals surface area contributed by atoms with E-state index >= 15 is 0 Å². The molecule has 0 fully saturated rings. The van der Waals surface area contributed by atoms with Crippen LogP contribution in [-0.4, -0.2) is 11.5 Å². The zero-order chi connectivity index (χ0) is 14.7. The van der Waals surface area contributed by atoms with Gasteiger partial charge in [-0.15, -0.1) is 0 Å². The third kappa shape index (κ3) is 2.67. The highest BCUT2D eigenvalue weighted by atomic mass is 14.9. The first-order valence-corrected chi connectivity index (χ1v) is 7.44. The number of nitrogens with zero attached hydrogens (tertiary/aromatic N) is 1. The van der Waals surface area contributed by atoms with Gasteiger partial charge in [0.2, 0.25) is 0 Å². The molecule has 0 saturated heterocycles. The molecule has 0 amide bonds. The Labute approximate surface area is 125 Å². The van der Waals surface area contributed by atoms with E-state index in [1.54, 1.807) is 0 Å². The Kier molecular flexibility index (Phi) is 3.98. The molecule has 1 heterocycles. The van der Waals surface area contributed by atoms with Crippen LogP contribution in [0.4, 0.5) is 0 Å². The Hall–Kier alpha value is -2.19. The molecule has 0 spiro atoms. The Morgan fingerprint density at radius 3 is 2.57 bits per heavy atom. The van der Waals surface area contributed by atoms with E-state index in [-0.39, 0.29) is 6.04 Å². The highest BCUT2D eigenvalue weighted by molar-refractivity contribution is 5.83. The average Bonchev–Trinajstić information content (AvgIpc) is 2.53. The van der Waals surface area contributed by atoms with E-state index in [9.17, 15) is 0 Å². The van der Waals surface area contributed by atoms with Crippen LogP contribution in [0, 0.1) is 6.92 Å². The fourth-order valence-electron chi connectivity index (χ4n) is 2.88. The first-order chi connectivity index (χ1) is 10.3. The van der Waals surface area contributed by atoms with Gasteiger partial charge >= 0.3 is 0 Å². The summed E-state index contributed by atoms with van der Waals surface area (Å²) < 4.78 is 0. The second kappa shape index (κ2) is 6.06. The third-order valence-corrected chi connectivity index (χ3v) is 3.90. The summed E-state index contributed by atoms with van der Waals surface area (Å²) in [6.07, 6.45) is 1.85. The van der Waals surface area contributed by atoms with Gasteiger partial charge in [0.25, 0.3) is 0 Å². The zero-order valence-corrected chi connectivity index (χ0v) is 12.5. The third-order valence-electron chi connectivity index (χ3n) is 3.90. The van der Waals surface area contributed by atoms with Crippen LogP contribution in [0.15, 0.2) is 60.8 Å². The second-order valence-corrected chi connectivity index (χ2v) is 5.26. The van der Waals surface area contributed by atoms with Crippen LogP contribution in [0.2, 0.25) is 0 Å². The lowest BCUT2D eigenvalue weighted by atomic mass is 9.92. The molecular weight excluding hydrogens is 256 g/mol. The number of fused-ring (bicyclic) bond motifs is 1.